The van der Waals surface area contributed by atoms with E-state index in [-0.39, 0.29) is 11.5 Å². The first-order valence-corrected chi connectivity index (χ1v) is 8.25. The largest absolute Gasteiger partial charge is 0.416 e. The molecule has 1 N–H and O–H groups in total. The van der Waals surface area contributed by atoms with Crippen LogP contribution in [0.1, 0.15) is 35.4 Å². The van der Waals surface area contributed by atoms with Gasteiger partial charge in [-0.1, -0.05) is 18.2 Å². The van der Waals surface area contributed by atoms with E-state index in [1.54, 1.807) is 6.07 Å². The molecule has 0 atom stereocenters. The third-order valence-corrected chi connectivity index (χ3v) is 4.64. The summed E-state index contributed by atoms with van der Waals surface area (Å²) in [6, 6.07) is 8.01. The van der Waals surface area contributed by atoms with Gasteiger partial charge in [0.2, 0.25) is 0 Å². The van der Waals surface area contributed by atoms with Gasteiger partial charge in [0.15, 0.2) is 0 Å². The first-order chi connectivity index (χ1) is 12.1. The average Bonchev–Trinajstić information content (AvgIpc) is 2.61. The van der Waals surface area contributed by atoms with Crippen LogP contribution >= 0.6 is 0 Å². The van der Waals surface area contributed by atoms with Crippen LogP contribution in [0, 0.1) is 0 Å². The molecule has 0 saturated carbocycles. The lowest BCUT2D eigenvalue weighted by atomic mass is 9.87. The van der Waals surface area contributed by atoms with E-state index in [1.807, 2.05) is 0 Å². The first-order valence-electron chi connectivity index (χ1n) is 8.25. The van der Waals surface area contributed by atoms with Crippen LogP contribution in [0.4, 0.5) is 26.3 Å². The average molecular weight is 373 g/mol. The molecule has 1 saturated heterocycles. The van der Waals surface area contributed by atoms with Gasteiger partial charge in [-0.2, -0.15) is 26.3 Å². The Labute approximate surface area is 147 Å². The molecule has 0 amide bonds. The Hall–Kier alpha value is -2.02. The van der Waals surface area contributed by atoms with E-state index < -0.39 is 23.5 Å². The van der Waals surface area contributed by atoms with Gasteiger partial charge in [-0.15, -0.1) is 0 Å². The van der Waals surface area contributed by atoms with Gasteiger partial charge >= 0.3 is 12.4 Å². The standard InChI is InChI=1S/C19H17F6N/c20-18(21,22)16-3-1-12(2-4-16)14-9-15(13-5-7-26-8-6-13)11-17(10-14)19(23,24)25/h1-4,9-11,13,26H,5-8H2. The first kappa shape index (κ1) is 18.8. The van der Waals surface area contributed by atoms with E-state index in [4.69, 9.17) is 0 Å². The smallest absolute Gasteiger partial charge is 0.317 e. The third kappa shape index (κ3) is 4.20. The molecule has 1 aliphatic rings. The quantitative estimate of drug-likeness (QED) is 0.651. The summed E-state index contributed by atoms with van der Waals surface area (Å²) < 4.78 is 78.0. The number of rotatable bonds is 2. The van der Waals surface area contributed by atoms with Gasteiger partial charge in [0.05, 0.1) is 11.1 Å². The highest BCUT2D eigenvalue weighted by Gasteiger charge is 2.33. The van der Waals surface area contributed by atoms with E-state index in [0.717, 1.165) is 50.2 Å². The van der Waals surface area contributed by atoms with Gasteiger partial charge in [-0.3, -0.25) is 0 Å². The summed E-state index contributed by atoms with van der Waals surface area (Å²) in [7, 11) is 0. The molecule has 1 aliphatic heterocycles. The zero-order valence-corrected chi connectivity index (χ0v) is 13.7. The molecular formula is C19H17F6N. The van der Waals surface area contributed by atoms with Crippen LogP contribution in [0.3, 0.4) is 0 Å². The molecule has 1 heterocycles. The molecular weight excluding hydrogens is 356 g/mol. The highest BCUT2D eigenvalue weighted by atomic mass is 19.4. The molecule has 0 radical (unpaired) electrons. The lowest BCUT2D eigenvalue weighted by Gasteiger charge is -2.24. The minimum absolute atomic E-state index is 0.00625. The lowest BCUT2D eigenvalue weighted by molar-refractivity contribution is -0.138. The van der Waals surface area contributed by atoms with Crippen molar-refractivity contribution >= 4 is 0 Å². The molecule has 0 unspecified atom stereocenters. The van der Waals surface area contributed by atoms with Gasteiger partial charge in [0, 0.05) is 0 Å². The van der Waals surface area contributed by atoms with Crippen molar-refractivity contribution in [3.05, 3.63) is 59.2 Å². The second kappa shape index (κ2) is 6.95. The Morgan fingerprint density at radius 1 is 0.692 bits per heavy atom. The SMILES string of the molecule is FC(F)(F)c1ccc(-c2cc(C3CCNCC3)cc(C(F)(F)F)c2)cc1. The summed E-state index contributed by atoms with van der Waals surface area (Å²) in [5.41, 5.74) is -0.409. The zero-order valence-electron chi connectivity index (χ0n) is 13.7. The molecule has 140 valence electrons. The maximum absolute atomic E-state index is 13.3. The molecule has 26 heavy (non-hydrogen) atoms. The predicted molar refractivity (Wildman–Crippen MR) is 86.7 cm³/mol. The highest BCUT2D eigenvalue weighted by Crippen LogP contribution is 2.38. The molecule has 1 fully saturated rings. The number of nitrogens with one attached hydrogen (secondary N) is 1. The number of alkyl halides is 6. The Balaban J connectivity index is 2.02. The maximum Gasteiger partial charge on any atom is 0.416 e. The van der Waals surface area contributed by atoms with Gasteiger partial charge < -0.3 is 5.32 Å². The van der Waals surface area contributed by atoms with Gasteiger partial charge in [0.1, 0.15) is 0 Å². The van der Waals surface area contributed by atoms with Crippen molar-refractivity contribution in [2.45, 2.75) is 31.1 Å². The Kier molecular flexibility index (Phi) is 5.01. The van der Waals surface area contributed by atoms with Crippen LogP contribution in [-0.2, 0) is 12.4 Å². The van der Waals surface area contributed by atoms with Crippen LogP contribution in [-0.4, -0.2) is 13.1 Å². The molecule has 2 aromatic rings. The molecule has 0 aliphatic carbocycles. The van der Waals surface area contributed by atoms with Crippen molar-refractivity contribution in [2.75, 3.05) is 13.1 Å². The number of hydrogen-bond donors (Lipinski definition) is 1. The minimum atomic E-state index is -4.51. The summed E-state index contributed by atoms with van der Waals surface area (Å²) in [6.45, 7) is 1.47. The van der Waals surface area contributed by atoms with Crippen LogP contribution in [0.5, 0.6) is 0 Å². The number of halogens is 6. The van der Waals surface area contributed by atoms with Crippen molar-refractivity contribution in [3.8, 4) is 11.1 Å². The van der Waals surface area contributed by atoms with Gasteiger partial charge in [-0.25, -0.2) is 0 Å². The molecule has 3 rings (SSSR count). The number of piperidine rings is 1. The minimum Gasteiger partial charge on any atom is -0.317 e. The maximum atomic E-state index is 13.3. The monoisotopic (exact) mass is 373 g/mol. The number of hydrogen-bond acceptors (Lipinski definition) is 1. The van der Waals surface area contributed by atoms with Crippen molar-refractivity contribution in [3.63, 3.8) is 0 Å². The topological polar surface area (TPSA) is 12.0 Å². The summed E-state index contributed by atoms with van der Waals surface area (Å²) >= 11 is 0. The van der Waals surface area contributed by atoms with E-state index in [0.29, 0.717) is 11.1 Å². The second-order valence-corrected chi connectivity index (χ2v) is 6.44. The van der Waals surface area contributed by atoms with Crippen molar-refractivity contribution < 1.29 is 26.3 Å². The third-order valence-electron chi connectivity index (χ3n) is 4.64. The van der Waals surface area contributed by atoms with Crippen LogP contribution < -0.4 is 5.32 Å². The fourth-order valence-electron chi connectivity index (χ4n) is 3.22. The van der Waals surface area contributed by atoms with Crippen molar-refractivity contribution in [1.29, 1.82) is 0 Å². The zero-order chi connectivity index (χ0) is 18.9. The predicted octanol–water partition coefficient (Wildman–Crippen LogP) is 5.86. The van der Waals surface area contributed by atoms with Crippen LogP contribution in [0.15, 0.2) is 42.5 Å². The fraction of sp³-hybridized carbons (Fsp3) is 0.368. The van der Waals surface area contributed by atoms with Crippen molar-refractivity contribution in [1.82, 2.24) is 5.32 Å². The number of benzene rings is 2. The molecule has 0 bridgehead atoms. The molecule has 2 aromatic carbocycles. The summed E-state index contributed by atoms with van der Waals surface area (Å²) in [5, 5.41) is 3.17. The normalized spacial score (nSPS) is 16.7. The van der Waals surface area contributed by atoms with E-state index >= 15 is 0 Å². The van der Waals surface area contributed by atoms with E-state index in [9.17, 15) is 26.3 Å². The summed E-state index contributed by atoms with van der Waals surface area (Å²) in [5.74, 6) is 0.00625. The van der Waals surface area contributed by atoms with E-state index in [2.05, 4.69) is 5.32 Å². The van der Waals surface area contributed by atoms with Crippen LogP contribution in [0.25, 0.3) is 11.1 Å². The molecule has 0 spiro atoms. The van der Waals surface area contributed by atoms with Crippen molar-refractivity contribution in [2.24, 2.45) is 0 Å². The Bertz CT molecular complexity index is 755. The molecule has 0 aromatic heterocycles. The molecule has 1 nitrogen and oxygen atoms in total. The van der Waals surface area contributed by atoms with E-state index in [1.165, 1.54) is 12.1 Å². The molecule has 7 heteroatoms. The fourth-order valence-corrected chi connectivity index (χ4v) is 3.22. The van der Waals surface area contributed by atoms with Gasteiger partial charge in [0.25, 0.3) is 0 Å². The Morgan fingerprint density at radius 3 is 1.81 bits per heavy atom. The second-order valence-electron chi connectivity index (χ2n) is 6.44. The highest BCUT2D eigenvalue weighted by molar-refractivity contribution is 5.66. The summed E-state index contributed by atoms with van der Waals surface area (Å²) in [6.07, 6.45) is -7.53. The Morgan fingerprint density at radius 2 is 1.27 bits per heavy atom. The lowest BCUT2D eigenvalue weighted by Crippen LogP contribution is -2.26. The van der Waals surface area contributed by atoms with Gasteiger partial charge in [-0.05, 0) is 72.8 Å². The van der Waals surface area contributed by atoms with Crippen LogP contribution in [0.2, 0.25) is 0 Å². The summed E-state index contributed by atoms with van der Waals surface area (Å²) in [4.78, 5) is 0.